The molecule has 7 nitrogen and oxygen atoms in total. The number of carboxylic acids is 1. The van der Waals surface area contributed by atoms with Crippen molar-refractivity contribution in [3.8, 4) is 11.3 Å². The lowest BCUT2D eigenvalue weighted by Gasteiger charge is -2.34. The van der Waals surface area contributed by atoms with Crippen molar-refractivity contribution in [2.24, 2.45) is 0 Å². The van der Waals surface area contributed by atoms with Crippen molar-refractivity contribution >= 4 is 11.9 Å². The predicted molar refractivity (Wildman–Crippen MR) is 99.3 cm³/mol. The molecule has 1 aromatic carbocycles. The fraction of sp³-hybridized carbons (Fsp3) is 0.400. The standard InChI is InChI=1S/C20H23N3O4/c1-13-10-16(14-6-5-7-15(11-14)20(25)26)22-19(21-13)17-8-3-4-9-23(17)18(24)12-27-2/h5-7,10-11,17H,3-4,8-9,12H2,1-2H3,(H,25,26)/t17-/m0/s1. The monoisotopic (exact) mass is 369 g/mol. The summed E-state index contributed by atoms with van der Waals surface area (Å²) in [6, 6.07) is 8.31. The molecule has 0 spiro atoms. The summed E-state index contributed by atoms with van der Waals surface area (Å²) in [4.78, 5) is 34.7. The van der Waals surface area contributed by atoms with Gasteiger partial charge in [0, 0.05) is 24.9 Å². The van der Waals surface area contributed by atoms with E-state index in [4.69, 9.17) is 4.74 Å². The molecule has 3 rings (SSSR count). The Morgan fingerprint density at radius 2 is 2.07 bits per heavy atom. The van der Waals surface area contributed by atoms with Crippen LogP contribution < -0.4 is 0 Å². The first-order chi connectivity index (χ1) is 13.0. The third kappa shape index (κ3) is 4.31. The van der Waals surface area contributed by atoms with Crippen LogP contribution in [0.15, 0.2) is 30.3 Å². The third-order valence-electron chi connectivity index (χ3n) is 4.67. The summed E-state index contributed by atoms with van der Waals surface area (Å²) in [5.41, 5.74) is 2.36. The van der Waals surface area contributed by atoms with Crippen molar-refractivity contribution < 1.29 is 19.4 Å². The van der Waals surface area contributed by atoms with Crippen LogP contribution in [0.1, 0.15) is 47.2 Å². The Balaban J connectivity index is 1.98. The highest BCUT2D eigenvalue weighted by Gasteiger charge is 2.30. The highest BCUT2D eigenvalue weighted by Crippen LogP contribution is 2.30. The van der Waals surface area contributed by atoms with Gasteiger partial charge in [0.1, 0.15) is 6.61 Å². The summed E-state index contributed by atoms with van der Waals surface area (Å²) < 4.78 is 5.01. The Bertz CT molecular complexity index is 853. The SMILES string of the molecule is COCC(=O)N1CCCC[C@H]1c1nc(C)cc(-c2cccc(C(=O)O)c2)n1. The zero-order chi connectivity index (χ0) is 19.4. The molecule has 1 aromatic heterocycles. The lowest BCUT2D eigenvalue weighted by Crippen LogP contribution is -2.41. The average molecular weight is 369 g/mol. The minimum absolute atomic E-state index is 0.0375. The van der Waals surface area contributed by atoms with E-state index in [0.717, 1.165) is 25.0 Å². The van der Waals surface area contributed by atoms with Crippen LogP contribution in [0.3, 0.4) is 0 Å². The van der Waals surface area contributed by atoms with Crippen LogP contribution in [0, 0.1) is 6.92 Å². The second kappa shape index (κ2) is 8.26. The van der Waals surface area contributed by atoms with Gasteiger partial charge in [-0.2, -0.15) is 0 Å². The van der Waals surface area contributed by atoms with Crippen LogP contribution >= 0.6 is 0 Å². The van der Waals surface area contributed by atoms with Crippen LogP contribution in [0.4, 0.5) is 0 Å². The number of carbonyl (C=O) groups is 2. The van der Waals surface area contributed by atoms with Crippen molar-refractivity contribution in [3.63, 3.8) is 0 Å². The molecule has 1 fully saturated rings. The van der Waals surface area contributed by atoms with Crippen molar-refractivity contribution in [1.29, 1.82) is 0 Å². The van der Waals surface area contributed by atoms with E-state index >= 15 is 0 Å². The van der Waals surface area contributed by atoms with Gasteiger partial charge in [-0.1, -0.05) is 12.1 Å². The molecule has 0 bridgehead atoms. The number of carboxylic acid groups (broad SMARTS) is 1. The van der Waals surface area contributed by atoms with E-state index in [0.29, 0.717) is 23.6 Å². The summed E-state index contributed by atoms with van der Waals surface area (Å²) in [6.45, 7) is 2.57. The molecule has 1 N–H and O–H groups in total. The number of nitrogens with zero attached hydrogens (tertiary/aromatic N) is 3. The fourth-order valence-electron chi connectivity index (χ4n) is 3.40. The number of amides is 1. The second-order valence-corrected chi connectivity index (χ2v) is 6.67. The first-order valence-electron chi connectivity index (χ1n) is 8.97. The minimum atomic E-state index is -0.980. The molecule has 1 saturated heterocycles. The zero-order valence-electron chi connectivity index (χ0n) is 15.5. The Kier molecular flexibility index (Phi) is 5.81. The Morgan fingerprint density at radius 3 is 2.81 bits per heavy atom. The van der Waals surface area contributed by atoms with Gasteiger partial charge < -0.3 is 14.7 Å². The highest BCUT2D eigenvalue weighted by atomic mass is 16.5. The summed E-state index contributed by atoms with van der Waals surface area (Å²) in [6.07, 6.45) is 2.75. The minimum Gasteiger partial charge on any atom is -0.478 e. The number of aromatic carboxylic acids is 1. The predicted octanol–water partition coefficient (Wildman–Crippen LogP) is 2.85. The molecule has 0 radical (unpaired) electrons. The Hall–Kier alpha value is -2.80. The van der Waals surface area contributed by atoms with Gasteiger partial charge >= 0.3 is 5.97 Å². The molecular weight excluding hydrogens is 346 g/mol. The molecule has 2 heterocycles. The number of benzene rings is 1. The highest BCUT2D eigenvalue weighted by molar-refractivity contribution is 5.89. The first-order valence-corrected chi connectivity index (χ1v) is 8.97. The number of hydrogen-bond donors (Lipinski definition) is 1. The van der Waals surface area contributed by atoms with Crippen molar-refractivity contribution in [3.05, 3.63) is 47.4 Å². The number of aromatic nitrogens is 2. The molecule has 7 heteroatoms. The summed E-state index contributed by atoms with van der Waals surface area (Å²) >= 11 is 0. The number of methoxy groups -OCH3 is 1. The van der Waals surface area contributed by atoms with Crippen molar-refractivity contribution in [1.82, 2.24) is 14.9 Å². The molecule has 27 heavy (non-hydrogen) atoms. The number of aryl methyl sites for hydroxylation is 1. The summed E-state index contributed by atoms with van der Waals surface area (Å²) in [5, 5.41) is 9.23. The van der Waals surface area contributed by atoms with E-state index < -0.39 is 5.97 Å². The lowest BCUT2D eigenvalue weighted by molar-refractivity contribution is -0.139. The number of hydrogen-bond acceptors (Lipinski definition) is 5. The van der Waals surface area contributed by atoms with E-state index in [1.807, 2.05) is 19.1 Å². The van der Waals surface area contributed by atoms with Crippen LogP contribution in [0.2, 0.25) is 0 Å². The topological polar surface area (TPSA) is 92.6 Å². The molecule has 1 aliphatic heterocycles. The normalized spacial score (nSPS) is 17.0. The smallest absolute Gasteiger partial charge is 0.335 e. The maximum atomic E-state index is 12.4. The van der Waals surface area contributed by atoms with Gasteiger partial charge in [0.15, 0.2) is 5.82 Å². The van der Waals surface area contributed by atoms with E-state index in [2.05, 4.69) is 9.97 Å². The van der Waals surface area contributed by atoms with Gasteiger partial charge in [0.2, 0.25) is 5.91 Å². The van der Waals surface area contributed by atoms with Crippen LogP contribution in [-0.4, -0.2) is 52.1 Å². The summed E-state index contributed by atoms with van der Waals surface area (Å²) in [7, 11) is 1.51. The van der Waals surface area contributed by atoms with E-state index in [-0.39, 0.29) is 24.1 Å². The third-order valence-corrected chi connectivity index (χ3v) is 4.67. The quantitative estimate of drug-likeness (QED) is 0.871. The van der Waals surface area contributed by atoms with Gasteiger partial charge in [-0.3, -0.25) is 4.79 Å². The van der Waals surface area contributed by atoms with Crippen LogP contribution in [0.5, 0.6) is 0 Å². The maximum absolute atomic E-state index is 12.4. The Labute approximate surface area is 158 Å². The second-order valence-electron chi connectivity index (χ2n) is 6.67. The average Bonchev–Trinajstić information content (AvgIpc) is 2.68. The lowest BCUT2D eigenvalue weighted by atomic mass is 10.0. The number of piperidine rings is 1. The van der Waals surface area contributed by atoms with E-state index in [1.165, 1.54) is 7.11 Å². The molecular formula is C20H23N3O4. The van der Waals surface area contributed by atoms with Gasteiger partial charge in [-0.15, -0.1) is 0 Å². The molecule has 0 unspecified atom stereocenters. The van der Waals surface area contributed by atoms with Crippen LogP contribution in [-0.2, 0) is 9.53 Å². The van der Waals surface area contributed by atoms with E-state index in [9.17, 15) is 14.7 Å². The maximum Gasteiger partial charge on any atom is 0.335 e. The fourth-order valence-corrected chi connectivity index (χ4v) is 3.40. The number of likely N-dealkylation sites (tertiary alicyclic amines) is 1. The van der Waals surface area contributed by atoms with Gasteiger partial charge in [0.05, 0.1) is 17.3 Å². The Morgan fingerprint density at radius 1 is 1.26 bits per heavy atom. The molecule has 1 amide bonds. The molecule has 0 aliphatic carbocycles. The molecule has 1 aliphatic rings. The van der Waals surface area contributed by atoms with Gasteiger partial charge in [0.25, 0.3) is 0 Å². The van der Waals surface area contributed by atoms with Gasteiger partial charge in [-0.25, -0.2) is 14.8 Å². The first kappa shape index (κ1) is 19.0. The number of rotatable bonds is 5. The molecule has 1 atom stereocenters. The van der Waals surface area contributed by atoms with Crippen LogP contribution in [0.25, 0.3) is 11.3 Å². The number of carbonyl (C=O) groups excluding carboxylic acids is 1. The number of ether oxygens (including phenoxy) is 1. The van der Waals surface area contributed by atoms with E-state index in [1.54, 1.807) is 23.1 Å². The van der Waals surface area contributed by atoms with Crippen molar-refractivity contribution in [2.45, 2.75) is 32.2 Å². The molecule has 0 saturated carbocycles. The van der Waals surface area contributed by atoms with Crippen molar-refractivity contribution in [2.75, 3.05) is 20.3 Å². The molecule has 142 valence electrons. The van der Waals surface area contributed by atoms with Gasteiger partial charge in [-0.05, 0) is 44.4 Å². The summed E-state index contributed by atoms with van der Waals surface area (Å²) in [5.74, 6) is -0.455. The largest absolute Gasteiger partial charge is 0.478 e. The molecule has 2 aromatic rings. The zero-order valence-corrected chi connectivity index (χ0v) is 15.5.